The fourth-order valence-electron chi connectivity index (χ4n) is 5.15. The average molecular weight is 493 g/mol. The Labute approximate surface area is 213 Å². The Kier molecular flexibility index (Phi) is 8.66. The molecule has 186 valence electrons. The molecule has 0 bridgehead atoms. The third kappa shape index (κ3) is 6.35. The molecule has 1 saturated heterocycles. The standard InChI is InChI=1S/C29H36N2O3S/c1-21-12-14-22(15-13-21)28(33)23-16-18-31(19-17-23)29(34)25-10-6-7-11-26(25)35-20-27(32)30(2)24-8-4-3-5-9-24/h6-7,10-15,23-24H,3-5,8-9,16-20H2,1-2H3. The molecule has 2 amide bonds. The lowest BCUT2D eigenvalue weighted by molar-refractivity contribution is -0.129. The molecule has 6 heteroatoms. The second kappa shape index (κ2) is 11.9. The van der Waals surface area contributed by atoms with Crippen molar-refractivity contribution in [3.63, 3.8) is 0 Å². The molecule has 0 unspecified atom stereocenters. The molecule has 0 atom stereocenters. The van der Waals surface area contributed by atoms with Crippen LogP contribution in [0, 0.1) is 12.8 Å². The number of amides is 2. The number of piperidine rings is 1. The summed E-state index contributed by atoms with van der Waals surface area (Å²) in [5.74, 6) is 0.583. The summed E-state index contributed by atoms with van der Waals surface area (Å²) >= 11 is 1.45. The number of thioether (sulfide) groups is 1. The van der Waals surface area contributed by atoms with Gasteiger partial charge >= 0.3 is 0 Å². The van der Waals surface area contributed by atoms with Crippen molar-refractivity contribution in [2.24, 2.45) is 5.92 Å². The van der Waals surface area contributed by atoms with Gasteiger partial charge in [0.05, 0.1) is 11.3 Å². The van der Waals surface area contributed by atoms with Crippen LogP contribution in [-0.2, 0) is 4.79 Å². The van der Waals surface area contributed by atoms with E-state index >= 15 is 0 Å². The molecule has 0 spiro atoms. The SMILES string of the molecule is Cc1ccc(C(=O)C2CCN(C(=O)c3ccccc3SCC(=O)N(C)C3CCCCC3)CC2)cc1. The van der Waals surface area contributed by atoms with Gasteiger partial charge in [0.2, 0.25) is 5.91 Å². The lowest BCUT2D eigenvalue weighted by Gasteiger charge is -2.32. The first-order chi connectivity index (χ1) is 16.9. The molecule has 1 saturated carbocycles. The minimum atomic E-state index is -0.0423. The van der Waals surface area contributed by atoms with Crippen molar-refractivity contribution in [2.45, 2.75) is 62.8 Å². The molecule has 4 rings (SSSR count). The van der Waals surface area contributed by atoms with Gasteiger partial charge in [-0.2, -0.15) is 0 Å². The van der Waals surface area contributed by atoms with Crippen molar-refractivity contribution in [2.75, 3.05) is 25.9 Å². The predicted molar refractivity (Wildman–Crippen MR) is 141 cm³/mol. The molecule has 1 aliphatic carbocycles. The normalized spacial score (nSPS) is 17.3. The van der Waals surface area contributed by atoms with Crippen LogP contribution >= 0.6 is 11.8 Å². The van der Waals surface area contributed by atoms with Gasteiger partial charge in [0.25, 0.3) is 5.91 Å². The minimum Gasteiger partial charge on any atom is -0.342 e. The lowest BCUT2D eigenvalue weighted by atomic mass is 9.88. The highest BCUT2D eigenvalue weighted by Gasteiger charge is 2.29. The second-order valence-corrected chi connectivity index (χ2v) is 10.9. The molecule has 0 aromatic heterocycles. The van der Waals surface area contributed by atoms with E-state index in [1.54, 1.807) is 0 Å². The van der Waals surface area contributed by atoms with Gasteiger partial charge in [-0.25, -0.2) is 0 Å². The summed E-state index contributed by atoms with van der Waals surface area (Å²) in [6.45, 7) is 3.16. The van der Waals surface area contributed by atoms with Crippen LogP contribution in [0.25, 0.3) is 0 Å². The molecule has 5 nitrogen and oxygen atoms in total. The van der Waals surface area contributed by atoms with Crippen LogP contribution in [0.4, 0.5) is 0 Å². The molecule has 2 fully saturated rings. The average Bonchev–Trinajstić information content (AvgIpc) is 2.91. The Morgan fingerprint density at radius 3 is 2.26 bits per heavy atom. The van der Waals surface area contributed by atoms with E-state index in [0.29, 0.717) is 43.3 Å². The van der Waals surface area contributed by atoms with Crippen molar-refractivity contribution < 1.29 is 14.4 Å². The first kappa shape index (κ1) is 25.5. The van der Waals surface area contributed by atoms with Crippen molar-refractivity contribution in [1.82, 2.24) is 9.80 Å². The number of carbonyl (C=O) groups is 3. The zero-order valence-corrected chi connectivity index (χ0v) is 21.7. The van der Waals surface area contributed by atoms with Gasteiger partial charge < -0.3 is 9.80 Å². The second-order valence-electron chi connectivity index (χ2n) is 9.88. The molecular weight excluding hydrogens is 456 g/mol. The number of hydrogen-bond donors (Lipinski definition) is 0. The van der Waals surface area contributed by atoms with E-state index < -0.39 is 0 Å². The maximum absolute atomic E-state index is 13.4. The molecule has 0 radical (unpaired) electrons. The van der Waals surface area contributed by atoms with Gasteiger partial charge in [-0.05, 0) is 44.7 Å². The van der Waals surface area contributed by atoms with Gasteiger partial charge in [-0.15, -0.1) is 11.8 Å². The van der Waals surface area contributed by atoms with Gasteiger partial charge in [0.15, 0.2) is 5.78 Å². The Balaban J connectivity index is 1.33. The Morgan fingerprint density at radius 2 is 1.57 bits per heavy atom. The fourth-order valence-corrected chi connectivity index (χ4v) is 6.12. The molecular formula is C29H36N2O3S. The van der Waals surface area contributed by atoms with E-state index in [1.807, 2.05) is 72.3 Å². The van der Waals surface area contributed by atoms with Crippen LogP contribution in [0.5, 0.6) is 0 Å². The number of benzene rings is 2. The van der Waals surface area contributed by atoms with E-state index in [1.165, 1.54) is 31.0 Å². The number of hydrogen-bond acceptors (Lipinski definition) is 4. The maximum Gasteiger partial charge on any atom is 0.254 e. The number of ketones is 1. The third-order valence-corrected chi connectivity index (χ3v) is 8.53. The van der Waals surface area contributed by atoms with Gasteiger partial charge in [-0.3, -0.25) is 14.4 Å². The number of likely N-dealkylation sites (tertiary alicyclic amines) is 1. The maximum atomic E-state index is 13.4. The number of aryl methyl sites for hydroxylation is 1. The first-order valence-electron chi connectivity index (χ1n) is 12.8. The van der Waals surface area contributed by atoms with Crippen LogP contribution < -0.4 is 0 Å². The highest BCUT2D eigenvalue weighted by atomic mass is 32.2. The highest BCUT2D eigenvalue weighted by Crippen LogP contribution is 2.28. The lowest BCUT2D eigenvalue weighted by Crippen LogP contribution is -2.40. The van der Waals surface area contributed by atoms with Crippen LogP contribution in [0.1, 0.15) is 71.2 Å². The summed E-state index contributed by atoms with van der Waals surface area (Å²) < 4.78 is 0. The number of Topliss-reactive ketones (excluding diaryl/α,β-unsaturated/α-hetero) is 1. The quantitative estimate of drug-likeness (QED) is 0.372. The number of carbonyl (C=O) groups excluding carboxylic acids is 3. The van der Waals surface area contributed by atoms with Crippen molar-refractivity contribution >= 4 is 29.4 Å². The van der Waals surface area contributed by atoms with Gasteiger partial charge in [-0.1, -0.05) is 61.2 Å². The van der Waals surface area contributed by atoms with Crippen molar-refractivity contribution in [3.05, 3.63) is 65.2 Å². The molecule has 2 aromatic carbocycles. The van der Waals surface area contributed by atoms with Gasteiger partial charge in [0.1, 0.15) is 0 Å². The highest BCUT2D eigenvalue weighted by molar-refractivity contribution is 8.00. The zero-order valence-electron chi connectivity index (χ0n) is 20.9. The van der Waals surface area contributed by atoms with Gasteiger partial charge in [0, 0.05) is 42.6 Å². The van der Waals surface area contributed by atoms with Crippen LogP contribution in [0.15, 0.2) is 53.4 Å². The Bertz CT molecular complexity index is 1040. The summed E-state index contributed by atoms with van der Waals surface area (Å²) in [6.07, 6.45) is 7.19. The predicted octanol–water partition coefficient (Wildman–Crippen LogP) is 5.61. The van der Waals surface area contributed by atoms with E-state index in [-0.39, 0.29) is 23.5 Å². The van der Waals surface area contributed by atoms with E-state index in [0.717, 1.165) is 28.9 Å². The van der Waals surface area contributed by atoms with E-state index in [4.69, 9.17) is 0 Å². The van der Waals surface area contributed by atoms with Crippen LogP contribution in [0.2, 0.25) is 0 Å². The Hall–Kier alpha value is -2.60. The number of rotatable bonds is 7. The van der Waals surface area contributed by atoms with E-state index in [2.05, 4.69) is 0 Å². The Morgan fingerprint density at radius 1 is 0.914 bits per heavy atom. The smallest absolute Gasteiger partial charge is 0.254 e. The largest absolute Gasteiger partial charge is 0.342 e. The third-order valence-electron chi connectivity index (χ3n) is 7.47. The molecule has 2 aliphatic rings. The summed E-state index contributed by atoms with van der Waals surface area (Å²) in [5.41, 5.74) is 2.54. The summed E-state index contributed by atoms with van der Waals surface area (Å²) in [5, 5.41) is 0. The molecule has 0 N–H and O–H groups in total. The van der Waals surface area contributed by atoms with Crippen molar-refractivity contribution in [1.29, 1.82) is 0 Å². The minimum absolute atomic E-state index is 0.0116. The molecule has 1 aliphatic heterocycles. The van der Waals surface area contributed by atoms with Crippen molar-refractivity contribution in [3.8, 4) is 0 Å². The molecule has 2 aromatic rings. The van der Waals surface area contributed by atoms with Crippen LogP contribution in [-0.4, -0.2) is 59.3 Å². The number of nitrogens with zero attached hydrogens (tertiary/aromatic N) is 2. The summed E-state index contributed by atoms with van der Waals surface area (Å²) in [4.78, 5) is 43.7. The topological polar surface area (TPSA) is 57.7 Å². The zero-order chi connectivity index (χ0) is 24.8. The molecule has 1 heterocycles. The van der Waals surface area contributed by atoms with E-state index in [9.17, 15) is 14.4 Å². The monoisotopic (exact) mass is 492 g/mol. The summed E-state index contributed by atoms with van der Waals surface area (Å²) in [6, 6.07) is 15.7. The van der Waals surface area contributed by atoms with Crippen LogP contribution in [0.3, 0.4) is 0 Å². The first-order valence-corrected chi connectivity index (χ1v) is 13.8. The molecule has 35 heavy (non-hydrogen) atoms. The summed E-state index contributed by atoms with van der Waals surface area (Å²) in [7, 11) is 1.91. The fraction of sp³-hybridized carbons (Fsp3) is 0.483.